The quantitative estimate of drug-likeness (QED) is 0.858. The maximum absolute atomic E-state index is 14.0. The minimum Gasteiger partial charge on any atom is -0.320 e. The number of hydrogen-bond acceptors (Lipinski definition) is 3. The molecule has 0 aliphatic carbocycles. The molecule has 0 radical (unpaired) electrons. The SMILES string of the molecule is CCN(C(C)C)S(=O)(=O)c1ccc(C#CCN)cc1F. The monoisotopic (exact) mass is 298 g/mol. The Kier molecular flexibility index (Phi) is 5.69. The van der Waals surface area contributed by atoms with E-state index in [2.05, 4.69) is 11.8 Å². The van der Waals surface area contributed by atoms with Crippen molar-refractivity contribution in [1.29, 1.82) is 0 Å². The average Bonchev–Trinajstić information content (AvgIpc) is 2.35. The van der Waals surface area contributed by atoms with E-state index >= 15 is 0 Å². The molecule has 0 atom stereocenters. The Morgan fingerprint density at radius 1 is 1.40 bits per heavy atom. The van der Waals surface area contributed by atoms with Gasteiger partial charge in [-0.2, -0.15) is 4.31 Å². The highest BCUT2D eigenvalue weighted by molar-refractivity contribution is 7.89. The molecule has 0 spiro atoms. The summed E-state index contributed by atoms with van der Waals surface area (Å²) in [6.07, 6.45) is 0. The molecular formula is C14H19FN2O2S. The third-order valence-electron chi connectivity index (χ3n) is 2.74. The second kappa shape index (κ2) is 6.84. The van der Waals surface area contributed by atoms with Gasteiger partial charge in [-0.1, -0.05) is 18.8 Å². The van der Waals surface area contributed by atoms with Crippen molar-refractivity contribution in [2.45, 2.75) is 31.7 Å². The van der Waals surface area contributed by atoms with Gasteiger partial charge in [0.25, 0.3) is 0 Å². The van der Waals surface area contributed by atoms with E-state index in [0.29, 0.717) is 5.56 Å². The molecule has 6 heteroatoms. The molecule has 20 heavy (non-hydrogen) atoms. The molecule has 0 fully saturated rings. The van der Waals surface area contributed by atoms with E-state index in [9.17, 15) is 12.8 Å². The standard InChI is InChI=1S/C14H19FN2O2S/c1-4-17(11(2)3)20(18,19)14-8-7-12(6-5-9-16)10-13(14)15/h7-8,10-11H,4,9,16H2,1-3H3. The van der Waals surface area contributed by atoms with Gasteiger partial charge in [0.05, 0.1) is 6.54 Å². The van der Waals surface area contributed by atoms with Crippen LogP contribution in [-0.4, -0.2) is 31.9 Å². The number of benzene rings is 1. The Morgan fingerprint density at radius 3 is 2.50 bits per heavy atom. The molecule has 0 unspecified atom stereocenters. The van der Waals surface area contributed by atoms with E-state index in [1.165, 1.54) is 16.4 Å². The van der Waals surface area contributed by atoms with Gasteiger partial charge < -0.3 is 5.73 Å². The van der Waals surface area contributed by atoms with Crippen LogP contribution in [0.4, 0.5) is 4.39 Å². The molecule has 1 aromatic rings. The maximum atomic E-state index is 14.0. The van der Waals surface area contributed by atoms with Crippen molar-refractivity contribution in [3.63, 3.8) is 0 Å². The molecule has 0 amide bonds. The number of nitrogens with two attached hydrogens (primary N) is 1. The zero-order chi connectivity index (χ0) is 15.3. The molecule has 4 nitrogen and oxygen atoms in total. The first-order valence-electron chi connectivity index (χ1n) is 6.35. The predicted molar refractivity (Wildman–Crippen MR) is 77.0 cm³/mol. The molecular weight excluding hydrogens is 279 g/mol. The van der Waals surface area contributed by atoms with E-state index in [0.717, 1.165) is 6.07 Å². The number of sulfonamides is 1. The highest BCUT2D eigenvalue weighted by Gasteiger charge is 2.28. The van der Waals surface area contributed by atoms with Crippen molar-refractivity contribution in [1.82, 2.24) is 4.31 Å². The van der Waals surface area contributed by atoms with Crippen LogP contribution < -0.4 is 5.73 Å². The van der Waals surface area contributed by atoms with Crippen molar-refractivity contribution < 1.29 is 12.8 Å². The lowest BCUT2D eigenvalue weighted by molar-refractivity contribution is 0.367. The highest BCUT2D eigenvalue weighted by Crippen LogP contribution is 2.21. The van der Waals surface area contributed by atoms with Gasteiger partial charge in [0.15, 0.2) is 0 Å². The van der Waals surface area contributed by atoms with E-state index in [1.54, 1.807) is 20.8 Å². The van der Waals surface area contributed by atoms with Gasteiger partial charge in [-0.3, -0.25) is 0 Å². The summed E-state index contributed by atoms with van der Waals surface area (Å²) < 4.78 is 40.0. The summed E-state index contributed by atoms with van der Waals surface area (Å²) >= 11 is 0. The number of nitrogens with zero attached hydrogens (tertiary/aromatic N) is 1. The van der Waals surface area contributed by atoms with Gasteiger partial charge in [-0.05, 0) is 32.0 Å². The van der Waals surface area contributed by atoms with Gasteiger partial charge in [0.2, 0.25) is 10.0 Å². The van der Waals surface area contributed by atoms with Gasteiger partial charge in [-0.15, -0.1) is 0 Å². The largest absolute Gasteiger partial charge is 0.320 e. The lowest BCUT2D eigenvalue weighted by atomic mass is 10.2. The first-order valence-corrected chi connectivity index (χ1v) is 7.79. The highest BCUT2D eigenvalue weighted by atomic mass is 32.2. The van der Waals surface area contributed by atoms with Crippen molar-refractivity contribution in [2.75, 3.05) is 13.1 Å². The van der Waals surface area contributed by atoms with Crippen LogP contribution in [0.5, 0.6) is 0 Å². The topological polar surface area (TPSA) is 63.4 Å². The summed E-state index contributed by atoms with van der Waals surface area (Å²) in [7, 11) is -3.83. The maximum Gasteiger partial charge on any atom is 0.246 e. The van der Waals surface area contributed by atoms with E-state index in [-0.39, 0.29) is 24.0 Å². The first-order chi connectivity index (χ1) is 9.34. The fraction of sp³-hybridized carbons (Fsp3) is 0.429. The molecule has 1 rings (SSSR count). The number of halogens is 1. The molecule has 0 bridgehead atoms. The van der Waals surface area contributed by atoms with Crippen molar-refractivity contribution >= 4 is 10.0 Å². The molecule has 110 valence electrons. The molecule has 0 saturated carbocycles. The summed E-state index contributed by atoms with van der Waals surface area (Å²) in [5, 5.41) is 0. The van der Waals surface area contributed by atoms with Crippen LogP contribution in [0, 0.1) is 17.7 Å². The molecule has 0 heterocycles. The van der Waals surface area contributed by atoms with Crippen LogP contribution in [0.1, 0.15) is 26.3 Å². The van der Waals surface area contributed by atoms with Crippen LogP contribution in [0.25, 0.3) is 0 Å². The fourth-order valence-electron chi connectivity index (χ4n) is 1.88. The normalized spacial score (nSPS) is 11.6. The van der Waals surface area contributed by atoms with E-state index < -0.39 is 15.8 Å². The molecule has 1 aromatic carbocycles. The lowest BCUT2D eigenvalue weighted by Gasteiger charge is -2.24. The van der Waals surface area contributed by atoms with Crippen LogP contribution in [-0.2, 0) is 10.0 Å². The summed E-state index contributed by atoms with van der Waals surface area (Å²) in [6.45, 7) is 5.67. The smallest absolute Gasteiger partial charge is 0.246 e. The van der Waals surface area contributed by atoms with Gasteiger partial charge in [0, 0.05) is 18.2 Å². The number of rotatable bonds is 4. The van der Waals surface area contributed by atoms with E-state index in [4.69, 9.17) is 5.73 Å². The Hall–Kier alpha value is -1.42. The van der Waals surface area contributed by atoms with Gasteiger partial charge in [0.1, 0.15) is 10.7 Å². The zero-order valence-electron chi connectivity index (χ0n) is 11.9. The van der Waals surface area contributed by atoms with Gasteiger partial charge in [-0.25, -0.2) is 12.8 Å². The second-order valence-corrected chi connectivity index (χ2v) is 6.31. The summed E-state index contributed by atoms with van der Waals surface area (Å²) in [6, 6.07) is 3.60. The van der Waals surface area contributed by atoms with Crippen LogP contribution in [0.2, 0.25) is 0 Å². The molecule has 0 saturated heterocycles. The van der Waals surface area contributed by atoms with Crippen molar-refractivity contribution in [3.8, 4) is 11.8 Å². The average molecular weight is 298 g/mol. The summed E-state index contributed by atoms with van der Waals surface area (Å²) in [5.74, 6) is 4.46. The first kappa shape index (κ1) is 16.6. The molecule has 0 aromatic heterocycles. The number of hydrogen-bond donors (Lipinski definition) is 1. The third kappa shape index (κ3) is 3.57. The second-order valence-electron chi connectivity index (χ2n) is 4.45. The third-order valence-corrected chi connectivity index (χ3v) is 4.93. The minimum atomic E-state index is -3.83. The molecule has 2 N–H and O–H groups in total. The van der Waals surface area contributed by atoms with Gasteiger partial charge >= 0.3 is 0 Å². The Balaban J connectivity index is 3.27. The lowest BCUT2D eigenvalue weighted by Crippen LogP contribution is -2.37. The fourth-order valence-corrected chi connectivity index (χ4v) is 3.57. The Labute approximate surface area is 119 Å². The summed E-state index contributed by atoms with van der Waals surface area (Å²) in [4.78, 5) is -0.327. The van der Waals surface area contributed by atoms with Crippen LogP contribution >= 0.6 is 0 Å². The minimum absolute atomic E-state index is 0.165. The Bertz CT molecular complexity index is 630. The zero-order valence-corrected chi connectivity index (χ0v) is 12.7. The van der Waals surface area contributed by atoms with Crippen molar-refractivity contribution in [3.05, 3.63) is 29.6 Å². The molecule has 0 aliphatic heterocycles. The molecule has 0 aliphatic rings. The van der Waals surface area contributed by atoms with Crippen LogP contribution in [0.3, 0.4) is 0 Å². The predicted octanol–water partition coefficient (Wildman–Crippen LogP) is 1.55. The van der Waals surface area contributed by atoms with Crippen LogP contribution in [0.15, 0.2) is 23.1 Å². The van der Waals surface area contributed by atoms with Crippen molar-refractivity contribution in [2.24, 2.45) is 5.73 Å². The van der Waals surface area contributed by atoms with E-state index in [1.807, 2.05) is 0 Å². The summed E-state index contributed by atoms with van der Waals surface area (Å²) in [5.41, 5.74) is 5.64. The Morgan fingerprint density at radius 2 is 2.05 bits per heavy atom.